The third kappa shape index (κ3) is 1.78. The standard InChI is InChI=1S/C14H15NO2/c1-4-9(2)8-15-12-10(3)6-5-7-11(12)13(16)14(15)17/h5-7H,2,4,8H2,1,3H3. The van der Waals surface area contributed by atoms with E-state index in [9.17, 15) is 9.59 Å². The first kappa shape index (κ1) is 11.6. The predicted octanol–water partition coefficient (Wildman–Crippen LogP) is 2.49. The molecule has 0 aromatic heterocycles. The number of amides is 1. The number of nitrogens with zero attached hydrogens (tertiary/aromatic N) is 1. The molecule has 0 saturated heterocycles. The molecular weight excluding hydrogens is 214 g/mol. The fourth-order valence-corrected chi connectivity index (χ4v) is 2.03. The van der Waals surface area contributed by atoms with E-state index in [0.29, 0.717) is 12.1 Å². The van der Waals surface area contributed by atoms with Gasteiger partial charge in [-0.3, -0.25) is 9.59 Å². The lowest BCUT2D eigenvalue weighted by Gasteiger charge is -2.19. The van der Waals surface area contributed by atoms with Gasteiger partial charge < -0.3 is 4.90 Å². The highest BCUT2D eigenvalue weighted by Gasteiger charge is 2.36. The summed E-state index contributed by atoms with van der Waals surface area (Å²) in [6.07, 6.45) is 0.805. The Bertz CT molecular complexity index is 517. The summed E-state index contributed by atoms with van der Waals surface area (Å²) < 4.78 is 0. The molecule has 3 nitrogen and oxygen atoms in total. The molecule has 3 heteroatoms. The fourth-order valence-electron chi connectivity index (χ4n) is 2.03. The number of rotatable bonds is 3. The Morgan fingerprint density at radius 1 is 1.35 bits per heavy atom. The van der Waals surface area contributed by atoms with Crippen LogP contribution in [0.1, 0.15) is 29.3 Å². The summed E-state index contributed by atoms with van der Waals surface area (Å²) in [5.74, 6) is -0.850. The van der Waals surface area contributed by atoms with E-state index in [4.69, 9.17) is 0 Å². The number of ketones is 1. The zero-order chi connectivity index (χ0) is 12.6. The molecule has 0 atom stereocenters. The summed E-state index contributed by atoms with van der Waals surface area (Å²) in [4.78, 5) is 25.2. The lowest BCUT2D eigenvalue weighted by Crippen LogP contribution is -2.31. The molecule has 2 rings (SSSR count). The average molecular weight is 229 g/mol. The van der Waals surface area contributed by atoms with Crippen molar-refractivity contribution in [3.63, 3.8) is 0 Å². The van der Waals surface area contributed by atoms with Crippen LogP contribution in [0.25, 0.3) is 0 Å². The van der Waals surface area contributed by atoms with Gasteiger partial charge in [-0.2, -0.15) is 0 Å². The van der Waals surface area contributed by atoms with Crippen LogP contribution in [0.5, 0.6) is 0 Å². The molecule has 0 radical (unpaired) electrons. The van der Waals surface area contributed by atoms with Crippen LogP contribution in [-0.2, 0) is 4.79 Å². The first-order chi connectivity index (χ1) is 8.06. The van der Waals surface area contributed by atoms with Crippen LogP contribution in [0.4, 0.5) is 5.69 Å². The van der Waals surface area contributed by atoms with Crippen molar-refractivity contribution in [1.29, 1.82) is 0 Å². The molecular formula is C14H15NO2. The van der Waals surface area contributed by atoms with E-state index in [1.165, 1.54) is 0 Å². The van der Waals surface area contributed by atoms with E-state index in [1.807, 2.05) is 19.9 Å². The Balaban J connectivity index is 2.47. The fraction of sp³-hybridized carbons (Fsp3) is 0.286. The van der Waals surface area contributed by atoms with Crippen LogP contribution in [0.2, 0.25) is 0 Å². The molecule has 1 amide bonds. The number of anilines is 1. The molecule has 0 unspecified atom stereocenters. The summed E-state index contributed by atoms with van der Waals surface area (Å²) >= 11 is 0. The number of aryl methyl sites for hydroxylation is 1. The van der Waals surface area contributed by atoms with Crippen molar-refractivity contribution >= 4 is 17.4 Å². The lowest BCUT2D eigenvalue weighted by molar-refractivity contribution is -0.114. The largest absolute Gasteiger partial charge is 0.300 e. The number of hydrogen-bond acceptors (Lipinski definition) is 2. The van der Waals surface area contributed by atoms with Gasteiger partial charge in [-0.1, -0.05) is 31.2 Å². The van der Waals surface area contributed by atoms with Crippen LogP contribution in [0.15, 0.2) is 30.4 Å². The maximum absolute atomic E-state index is 11.9. The minimum atomic E-state index is -0.441. The molecule has 0 spiro atoms. The maximum Gasteiger partial charge on any atom is 0.299 e. The quantitative estimate of drug-likeness (QED) is 0.590. The van der Waals surface area contributed by atoms with E-state index in [2.05, 4.69) is 6.58 Å². The second kappa shape index (κ2) is 4.17. The third-order valence-corrected chi connectivity index (χ3v) is 3.07. The zero-order valence-corrected chi connectivity index (χ0v) is 10.1. The molecule has 88 valence electrons. The van der Waals surface area contributed by atoms with E-state index in [1.54, 1.807) is 17.0 Å². The highest BCUT2D eigenvalue weighted by atomic mass is 16.2. The molecule has 0 aliphatic carbocycles. The van der Waals surface area contributed by atoms with Crippen molar-refractivity contribution in [3.05, 3.63) is 41.5 Å². The molecule has 17 heavy (non-hydrogen) atoms. The lowest BCUT2D eigenvalue weighted by atomic mass is 10.1. The highest BCUT2D eigenvalue weighted by Crippen LogP contribution is 2.32. The molecule has 1 heterocycles. The zero-order valence-electron chi connectivity index (χ0n) is 10.1. The Labute approximate surface area is 101 Å². The molecule has 1 aromatic rings. The molecule has 0 saturated carbocycles. The number of para-hydroxylation sites is 1. The number of fused-ring (bicyclic) bond motifs is 1. The third-order valence-electron chi connectivity index (χ3n) is 3.07. The Kier molecular flexibility index (Phi) is 2.84. The number of benzene rings is 1. The highest BCUT2D eigenvalue weighted by molar-refractivity contribution is 6.52. The Hall–Kier alpha value is -1.90. The van der Waals surface area contributed by atoms with Crippen LogP contribution in [0.3, 0.4) is 0 Å². The van der Waals surface area contributed by atoms with Crippen molar-refractivity contribution in [2.24, 2.45) is 0 Å². The van der Waals surface area contributed by atoms with Crippen LogP contribution in [0, 0.1) is 6.92 Å². The summed E-state index contributed by atoms with van der Waals surface area (Å²) in [5, 5.41) is 0. The van der Waals surface area contributed by atoms with Crippen LogP contribution >= 0.6 is 0 Å². The number of carbonyl (C=O) groups is 2. The number of hydrogen-bond donors (Lipinski definition) is 0. The van der Waals surface area contributed by atoms with Crippen molar-refractivity contribution in [1.82, 2.24) is 0 Å². The van der Waals surface area contributed by atoms with E-state index >= 15 is 0 Å². The summed E-state index contributed by atoms with van der Waals surface area (Å²) in [5.41, 5.74) is 3.16. The van der Waals surface area contributed by atoms with Gasteiger partial charge in [0.1, 0.15) is 0 Å². The molecule has 1 aromatic carbocycles. The van der Waals surface area contributed by atoms with Gasteiger partial charge in [0.2, 0.25) is 0 Å². The minimum absolute atomic E-state index is 0.410. The Morgan fingerprint density at radius 3 is 2.71 bits per heavy atom. The normalized spacial score (nSPS) is 14.1. The SMILES string of the molecule is C=C(CC)CN1C(=O)C(=O)c2cccc(C)c21. The van der Waals surface area contributed by atoms with Gasteiger partial charge in [-0.15, -0.1) is 0 Å². The van der Waals surface area contributed by atoms with Gasteiger partial charge in [-0.05, 0) is 25.0 Å². The van der Waals surface area contributed by atoms with Gasteiger partial charge in [-0.25, -0.2) is 0 Å². The molecule has 0 fully saturated rings. The average Bonchev–Trinajstić information content (AvgIpc) is 2.56. The van der Waals surface area contributed by atoms with Gasteiger partial charge in [0, 0.05) is 6.54 Å². The first-order valence-electron chi connectivity index (χ1n) is 5.68. The Morgan fingerprint density at radius 2 is 2.06 bits per heavy atom. The molecule has 0 bridgehead atoms. The van der Waals surface area contributed by atoms with E-state index < -0.39 is 11.7 Å². The second-order valence-corrected chi connectivity index (χ2v) is 4.30. The van der Waals surface area contributed by atoms with Crippen molar-refractivity contribution < 1.29 is 9.59 Å². The monoisotopic (exact) mass is 229 g/mol. The van der Waals surface area contributed by atoms with E-state index in [0.717, 1.165) is 23.2 Å². The maximum atomic E-state index is 11.9. The van der Waals surface area contributed by atoms with Crippen LogP contribution in [-0.4, -0.2) is 18.2 Å². The molecule has 1 aliphatic heterocycles. The van der Waals surface area contributed by atoms with Crippen molar-refractivity contribution in [3.8, 4) is 0 Å². The van der Waals surface area contributed by atoms with Gasteiger partial charge in [0.05, 0.1) is 11.3 Å². The topological polar surface area (TPSA) is 37.4 Å². The number of Topliss-reactive ketones (excluding diaryl/α,β-unsaturated/α-hetero) is 1. The first-order valence-corrected chi connectivity index (χ1v) is 5.68. The van der Waals surface area contributed by atoms with Crippen molar-refractivity contribution in [2.75, 3.05) is 11.4 Å². The molecule has 1 aliphatic rings. The minimum Gasteiger partial charge on any atom is -0.300 e. The van der Waals surface area contributed by atoms with E-state index in [-0.39, 0.29) is 0 Å². The van der Waals surface area contributed by atoms with Gasteiger partial charge in [0.25, 0.3) is 11.7 Å². The number of carbonyl (C=O) groups excluding carboxylic acids is 2. The predicted molar refractivity (Wildman–Crippen MR) is 67.3 cm³/mol. The van der Waals surface area contributed by atoms with Gasteiger partial charge in [0.15, 0.2) is 0 Å². The summed E-state index contributed by atoms with van der Waals surface area (Å²) in [7, 11) is 0. The second-order valence-electron chi connectivity index (χ2n) is 4.30. The smallest absolute Gasteiger partial charge is 0.299 e. The van der Waals surface area contributed by atoms with Gasteiger partial charge >= 0.3 is 0 Å². The summed E-state index contributed by atoms with van der Waals surface area (Å²) in [6.45, 7) is 8.22. The summed E-state index contributed by atoms with van der Waals surface area (Å²) in [6, 6.07) is 5.42. The van der Waals surface area contributed by atoms with Crippen LogP contribution < -0.4 is 4.90 Å². The van der Waals surface area contributed by atoms with Crippen molar-refractivity contribution in [2.45, 2.75) is 20.3 Å². The molecule has 0 N–H and O–H groups in total.